The number of nitrogens with zero attached hydrogens (tertiary/aromatic N) is 3. The summed E-state index contributed by atoms with van der Waals surface area (Å²) in [5.74, 6) is 0.446. The van der Waals surface area contributed by atoms with Crippen molar-refractivity contribution >= 4 is 11.3 Å². The Kier molecular flexibility index (Phi) is 2.68. The summed E-state index contributed by atoms with van der Waals surface area (Å²) in [6, 6.07) is 3.80. The molecular formula is C12H16N4O2. The van der Waals surface area contributed by atoms with Gasteiger partial charge in [0.2, 0.25) is 0 Å². The molecule has 1 fully saturated rings. The molecule has 0 aromatic carbocycles. The van der Waals surface area contributed by atoms with Crippen molar-refractivity contribution in [2.75, 3.05) is 5.73 Å². The standard InChI is InChI=1S/C12H16N4O2/c1-2-10-9(17)5-11(18-10)7-3-4-8-12(13)14-6-15-16(7)8/h3-4,6,9-11,17H,2,5H2,1H3,(H2,13,14,15)/t9-,10+,11+/m0/s1. The highest BCUT2D eigenvalue weighted by Gasteiger charge is 2.35. The van der Waals surface area contributed by atoms with Crippen LogP contribution < -0.4 is 5.73 Å². The third-order valence-corrected chi connectivity index (χ3v) is 3.47. The second kappa shape index (κ2) is 4.22. The van der Waals surface area contributed by atoms with Gasteiger partial charge in [0.15, 0.2) is 5.82 Å². The van der Waals surface area contributed by atoms with Gasteiger partial charge in [0.25, 0.3) is 0 Å². The number of nitrogens with two attached hydrogens (primary N) is 1. The maximum absolute atomic E-state index is 9.89. The van der Waals surface area contributed by atoms with Crippen LogP contribution in [0.25, 0.3) is 5.52 Å². The van der Waals surface area contributed by atoms with E-state index in [1.54, 1.807) is 4.52 Å². The summed E-state index contributed by atoms with van der Waals surface area (Å²) in [5, 5.41) is 14.1. The molecule has 2 aromatic rings. The first-order chi connectivity index (χ1) is 8.70. The maximum Gasteiger partial charge on any atom is 0.151 e. The molecule has 0 spiro atoms. The van der Waals surface area contributed by atoms with Crippen molar-refractivity contribution in [3.05, 3.63) is 24.2 Å². The van der Waals surface area contributed by atoms with Gasteiger partial charge in [-0.1, -0.05) is 6.92 Å². The number of hydrogen-bond acceptors (Lipinski definition) is 5. The molecule has 0 saturated carbocycles. The second-order valence-electron chi connectivity index (χ2n) is 4.57. The Morgan fingerprint density at radius 3 is 3.11 bits per heavy atom. The van der Waals surface area contributed by atoms with E-state index in [2.05, 4.69) is 10.1 Å². The number of rotatable bonds is 2. The molecular weight excluding hydrogens is 232 g/mol. The summed E-state index contributed by atoms with van der Waals surface area (Å²) in [4.78, 5) is 3.95. The second-order valence-corrected chi connectivity index (χ2v) is 4.57. The quantitative estimate of drug-likeness (QED) is 0.825. The summed E-state index contributed by atoms with van der Waals surface area (Å²) in [7, 11) is 0. The summed E-state index contributed by atoms with van der Waals surface area (Å²) in [6.07, 6.45) is 2.17. The zero-order chi connectivity index (χ0) is 12.7. The van der Waals surface area contributed by atoms with E-state index in [0.717, 1.165) is 17.6 Å². The first-order valence-corrected chi connectivity index (χ1v) is 6.12. The fourth-order valence-corrected chi connectivity index (χ4v) is 2.50. The fourth-order valence-electron chi connectivity index (χ4n) is 2.50. The highest BCUT2D eigenvalue weighted by Crippen LogP contribution is 2.35. The van der Waals surface area contributed by atoms with Crippen LogP contribution in [0.15, 0.2) is 18.5 Å². The van der Waals surface area contributed by atoms with Gasteiger partial charge < -0.3 is 15.6 Å². The van der Waals surface area contributed by atoms with Gasteiger partial charge >= 0.3 is 0 Å². The molecule has 1 saturated heterocycles. The molecule has 0 unspecified atom stereocenters. The van der Waals surface area contributed by atoms with Crippen LogP contribution in [0, 0.1) is 0 Å². The van der Waals surface area contributed by atoms with Crippen molar-refractivity contribution < 1.29 is 9.84 Å². The van der Waals surface area contributed by atoms with Crippen molar-refractivity contribution in [1.82, 2.24) is 14.6 Å². The SMILES string of the molecule is CC[C@H]1O[C@@H](c2ccc3c(N)ncnn23)C[C@@H]1O. The van der Waals surface area contributed by atoms with Gasteiger partial charge in [-0.3, -0.25) is 0 Å². The highest BCUT2D eigenvalue weighted by atomic mass is 16.5. The molecule has 3 rings (SSSR count). The maximum atomic E-state index is 9.89. The van der Waals surface area contributed by atoms with Gasteiger partial charge in [0, 0.05) is 6.42 Å². The summed E-state index contributed by atoms with van der Waals surface area (Å²) < 4.78 is 7.58. The zero-order valence-electron chi connectivity index (χ0n) is 10.2. The van der Waals surface area contributed by atoms with Crippen molar-refractivity contribution in [2.24, 2.45) is 0 Å². The van der Waals surface area contributed by atoms with Crippen molar-refractivity contribution in [3.63, 3.8) is 0 Å². The van der Waals surface area contributed by atoms with Gasteiger partial charge in [-0.15, -0.1) is 0 Å². The molecule has 3 heterocycles. The predicted molar refractivity (Wildman–Crippen MR) is 65.9 cm³/mol. The van der Waals surface area contributed by atoms with Crippen LogP contribution in [0.5, 0.6) is 0 Å². The monoisotopic (exact) mass is 248 g/mol. The Balaban J connectivity index is 1.99. The Bertz CT molecular complexity index is 568. The number of fused-ring (bicyclic) bond motifs is 1. The molecule has 3 atom stereocenters. The van der Waals surface area contributed by atoms with E-state index in [-0.39, 0.29) is 12.2 Å². The average Bonchev–Trinajstić information content (AvgIpc) is 2.93. The van der Waals surface area contributed by atoms with Crippen LogP contribution in [-0.2, 0) is 4.74 Å². The van der Waals surface area contributed by atoms with Crippen LogP contribution in [0.1, 0.15) is 31.6 Å². The number of nitrogen functional groups attached to an aromatic ring is 1. The van der Waals surface area contributed by atoms with Crippen molar-refractivity contribution in [3.8, 4) is 0 Å². The minimum Gasteiger partial charge on any atom is -0.390 e. The topological polar surface area (TPSA) is 85.7 Å². The average molecular weight is 248 g/mol. The van der Waals surface area contributed by atoms with Gasteiger partial charge in [-0.25, -0.2) is 9.50 Å². The fraction of sp³-hybridized carbons (Fsp3) is 0.500. The first kappa shape index (κ1) is 11.4. The third-order valence-electron chi connectivity index (χ3n) is 3.47. The Labute approximate surface area is 104 Å². The first-order valence-electron chi connectivity index (χ1n) is 6.12. The molecule has 6 nitrogen and oxygen atoms in total. The molecule has 3 N–H and O–H groups in total. The van der Waals surface area contributed by atoms with Crippen LogP contribution in [0.3, 0.4) is 0 Å². The largest absolute Gasteiger partial charge is 0.390 e. The lowest BCUT2D eigenvalue weighted by molar-refractivity contribution is 0.00592. The van der Waals surface area contributed by atoms with Gasteiger partial charge in [0.05, 0.1) is 17.9 Å². The van der Waals surface area contributed by atoms with Crippen LogP contribution >= 0.6 is 0 Å². The molecule has 0 bridgehead atoms. The van der Waals surface area contributed by atoms with Crippen LogP contribution in [-0.4, -0.2) is 31.9 Å². The smallest absolute Gasteiger partial charge is 0.151 e. The van der Waals surface area contributed by atoms with E-state index in [1.807, 2.05) is 19.1 Å². The molecule has 2 aromatic heterocycles. The number of aliphatic hydroxyl groups is 1. The predicted octanol–water partition coefficient (Wildman–Crippen LogP) is 0.912. The number of ether oxygens (including phenoxy) is 1. The number of aliphatic hydroxyl groups excluding tert-OH is 1. The third kappa shape index (κ3) is 1.65. The lowest BCUT2D eigenvalue weighted by Crippen LogP contribution is -2.18. The molecule has 0 aliphatic carbocycles. The summed E-state index contributed by atoms with van der Waals surface area (Å²) in [6.45, 7) is 2.01. The van der Waals surface area contributed by atoms with Gasteiger partial charge in [-0.2, -0.15) is 5.10 Å². The summed E-state index contributed by atoms with van der Waals surface area (Å²) in [5.41, 5.74) is 7.47. The molecule has 96 valence electrons. The van der Waals surface area contributed by atoms with Crippen molar-refractivity contribution in [1.29, 1.82) is 0 Å². The van der Waals surface area contributed by atoms with E-state index in [0.29, 0.717) is 12.2 Å². The minimum absolute atomic E-state index is 0.0975. The van der Waals surface area contributed by atoms with E-state index < -0.39 is 6.10 Å². The molecule has 18 heavy (non-hydrogen) atoms. The Morgan fingerprint density at radius 2 is 2.39 bits per heavy atom. The van der Waals surface area contributed by atoms with Crippen LogP contribution in [0.2, 0.25) is 0 Å². The zero-order valence-corrected chi connectivity index (χ0v) is 10.2. The Morgan fingerprint density at radius 1 is 1.56 bits per heavy atom. The molecule has 0 radical (unpaired) electrons. The van der Waals surface area contributed by atoms with Gasteiger partial charge in [0.1, 0.15) is 17.9 Å². The number of hydrogen-bond donors (Lipinski definition) is 2. The lowest BCUT2D eigenvalue weighted by atomic mass is 10.1. The molecule has 1 aliphatic heterocycles. The highest BCUT2D eigenvalue weighted by molar-refractivity contribution is 5.65. The molecule has 6 heteroatoms. The lowest BCUT2D eigenvalue weighted by Gasteiger charge is -2.12. The van der Waals surface area contributed by atoms with E-state index in [1.165, 1.54) is 6.33 Å². The van der Waals surface area contributed by atoms with E-state index >= 15 is 0 Å². The number of anilines is 1. The summed E-state index contributed by atoms with van der Waals surface area (Å²) >= 11 is 0. The van der Waals surface area contributed by atoms with Gasteiger partial charge in [-0.05, 0) is 18.6 Å². The molecule has 1 aliphatic rings. The van der Waals surface area contributed by atoms with Crippen LogP contribution in [0.4, 0.5) is 5.82 Å². The van der Waals surface area contributed by atoms with E-state index in [4.69, 9.17) is 10.5 Å². The minimum atomic E-state index is -0.412. The normalized spacial score (nSPS) is 28.0. The number of aromatic nitrogens is 3. The molecule has 0 amide bonds. The van der Waals surface area contributed by atoms with E-state index in [9.17, 15) is 5.11 Å². The Hall–Kier alpha value is -1.66. The van der Waals surface area contributed by atoms with Crippen molar-refractivity contribution in [2.45, 2.75) is 38.1 Å².